The normalized spacial score (nSPS) is 21.0. The van der Waals surface area contributed by atoms with Crippen molar-refractivity contribution in [2.24, 2.45) is 5.92 Å². The number of carboxylic acids is 1. The highest BCUT2D eigenvalue weighted by Gasteiger charge is 2.36. The molecule has 0 aromatic heterocycles. The molecule has 0 radical (unpaired) electrons. The molecule has 1 aliphatic heterocycles. The van der Waals surface area contributed by atoms with Crippen LogP contribution in [0.3, 0.4) is 0 Å². The fourth-order valence-corrected chi connectivity index (χ4v) is 2.73. The van der Waals surface area contributed by atoms with Gasteiger partial charge in [0, 0.05) is 6.42 Å². The van der Waals surface area contributed by atoms with Crippen molar-refractivity contribution in [3.8, 4) is 0 Å². The molecule has 1 fully saturated rings. The van der Waals surface area contributed by atoms with E-state index in [-0.39, 0.29) is 23.9 Å². The number of carbonyl (C=O) groups excluding carboxylic acids is 1. The molecule has 142 valence electrons. The molecule has 4 nitrogen and oxygen atoms in total. The maximum Gasteiger partial charge on any atom is 0.306 e. The first kappa shape index (κ1) is 21.6. The summed E-state index contributed by atoms with van der Waals surface area (Å²) < 4.78 is 5.45. The lowest BCUT2D eigenvalue weighted by molar-refractivity contribution is -0.141. The first-order valence-corrected chi connectivity index (χ1v) is 9.78. The summed E-state index contributed by atoms with van der Waals surface area (Å²) in [7, 11) is 0. The van der Waals surface area contributed by atoms with E-state index in [1.807, 2.05) is 6.08 Å². The Labute approximate surface area is 152 Å². The molecule has 0 spiro atoms. The number of epoxide rings is 1. The van der Waals surface area contributed by atoms with Crippen LogP contribution in [0.2, 0.25) is 0 Å². The molecule has 0 bridgehead atoms. The second-order valence-corrected chi connectivity index (χ2v) is 7.01. The molecular weight excluding hydrogens is 316 g/mol. The van der Waals surface area contributed by atoms with Gasteiger partial charge in [0.1, 0.15) is 6.10 Å². The number of hydrogen-bond donors (Lipinski definition) is 1. The molecule has 25 heavy (non-hydrogen) atoms. The highest BCUT2D eigenvalue weighted by Crippen LogP contribution is 2.29. The Morgan fingerprint density at radius 3 is 2.56 bits per heavy atom. The van der Waals surface area contributed by atoms with Crippen molar-refractivity contribution in [3.63, 3.8) is 0 Å². The summed E-state index contributed by atoms with van der Waals surface area (Å²) in [6, 6.07) is 0. The zero-order valence-electron chi connectivity index (χ0n) is 15.8. The number of allylic oxidation sites excluding steroid dienone is 3. The number of aliphatic carboxylic acids is 1. The van der Waals surface area contributed by atoms with Gasteiger partial charge < -0.3 is 9.84 Å². The average Bonchev–Trinajstić information content (AvgIpc) is 3.34. The molecule has 0 saturated carbocycles. The highest BCUT2D eigenvalue weighted by molar-refractivity contribution is 5.90. The van der Waals surface area contributed by atoms with Crippen molar-refractivity contribution < 1.29 is 19.4 Å². The first-order valence-electron chi connectivity index (χ1n) is 9.78. The monoisotopic (exact) mass is 350 g/mol. The van der Waals surface area contributed by atoms with Crippen molar-refractivity contribution in [3.05, 3.63) is 24.3 Å². The third-order valence-electron chi connectivity index (χ3n) is 4.61. The van der Waals surface area contributed by atoms with Crippen LogP contribution in [0.5, 0.6) is 0 Å². The van der Waals surface area contributed by atoms with Crippen molar-refractivity contribution in [1.29, 1.82) is 0 Å². The van der Waals surface area contributed by atoms with Crippen molar-refractivity contribution >= 4 is 11.8 Å². The zero-order chi connectivity index (χ0) is 18.5. The van der Waals surface area contributed by atoms with Crippen LogP contribution in [0.15, 0.2) is 24.3 Å². The van der Waals surface area contributed by atoms with Gasteiger partial charge in [0.25, 0.3) is 0 Å². The van der Waals surface area contributed by atoms with E-state index in [1.54, 1.807) is 19.1 Å². The minimum absolute atomic E-state index is 0.0166. The van der Waals surface area contributed by atoms with Gasteiger partial charge in [-0.3, -0.25) is 9.59 Å². The first-order chi connectivity index (χ1) is 12.0. The molecular formula is C21H34O4. The second-order valence-electron chi connectivity index (χ2n) is 7.01. The summed E-state index contributed by atoms with van der Waals surface area (Å²) in [4.78, 5) is 22.5. The van der Waals surface area contributed by atoms with Crippen molar-refractivity contribution in [2.45, 2.75) is 90.3 Å². The number of unbranched alkanes of at least 4 members (excludes halogenated alkanes) is 6. The molecule has 3 unspecified atom stereocenters. The largest absolute Gasteiger partial charge is 0.481 e. The Bertz CT molecular complexity index is 453. The predicted octanol–water partition coefficient (Wildman–Crippen LogP) is 5.08. The van der Waals surface area contributed by atoms with Crippen molar-refractivity contribution in [1.82, 2.24) is 0 Å². The standard InChI is InChI=1S/C21H34O4/c1-3-4-5-6-7-8-9-10-11-12-18(22)14-16-20-19(25-20)15-13-17(2)21(23)24/h10-11,14,16-17,19-20H,3-9,12-13,15H2,1-2H3,(H,23,24)/b11-10-,16-14+. The summed E-state index contributed by atoms with van der Waals surface area (Å²) in [5.74, 6) is -1.02. The smallest absolute Gasteiger partial charge is 0.306 e. The van der Waals surface area contributed by atoms with Gasteiger partial charge in [-0.05, 0) is 37.8 Å². The lowest BCUT2D eigenvalue weighted by atomic mass is 10.0. The van der Waals surface area contributed by atoms with Gasteiger partial charge in [-0.2, -0.15) is 0 Å². The SMILES string of the molecule is CCCCCCCC/C=C\CC(=O)/C=C/C1OC1CCC(C)C(=O)O. The van der Waals surface area contributed by atoms with Gasteiger partial charge in [-0.1, -0.05) is 58.1 Å². The van der Waals surface area contributed by atoms with Crippen molar-refractivity contribution in [2.75, 3.05) is 0 Å². The molecule has 1 rings (SSSR count). The molecule has 0 aromatic rings. The number of ether oxygens (including phenoxy) is 1. The van der Waals surface area contributed by atoms with Gasteiger partial charge >= 0.3 is 5.97 Å². The topological polar surface area (TPSA) is 66.9 Å². The van der Waals surface area contributed by atoms with Crippen LogP contribution in [0, 0.1) is 5.92 Å². The van der Waals surface area contributed by atoms with Gasteiger partial charge in [-0.25, -0.2) is 0 Å². The van der Waals surface area contributed by atoms with E-state index in [0.717, 1.165) is 12.8 Å². The number of rotatable bonds is 15. The van der Waals surface area contributed by atoms with Crippen LogP contribution in [0.1, 0.15) is 78.1 Å². The van der Waals surface area contributed by atoms with Crippen LogP contribution in [-0.2, 0) is 14.3 Å². The van der Waals surface area contributed by atoms with E-state index in [1.165, 1.54) is 38.5 Å². The van der Waals surface area contributed by atoms with E-state index >= 15 is 0 Å². The van der Waals surface area contributed by atoms with E-state index < -0.39 is 5.97 Å². The number of hydrogen-bond acceptors (Lipinski definition) is 3. The Morgan fingerprint density at radius 2 is 1.84 bits per heavy atom. The lowest BCUT2D eigenvalue weighted by Crippen LogP contribution is -2.10. The maximum absolute atomic E-state index is 11.8. The van der Waals surface area contributed by atoms with Gasteiger partial charge in [-0.15, -0.1) is 0 Å². The van der Waals surface area contributed by atoms with E-state index in [9.17, 15) is 9.59 Å². The molecule has 0 aromatic carbocycles. The predicted molar refractivity (Wildman–Crippen MR) is 101 cm³/mol. The number of ketones is 1. The fourth-order valence-electron chi connectivity index (χ4n) is 2.73. The Kier molecular flexibility index (Phi) is 11.1. The van der Waals surface area contributed by atoms with Crippen LogP contribution in [0.25, 0.3) is 0 Å². The van der Waals surface area contributed by atoms with Crippen LogP contribution < -0.4 is 0 Å². The maximum atomic E-state index is 11.8. The van der Waals surface area contributed by atoms with Gasteiger partial charge in [0.15, 0.2) is 5.78 Å². The Hall–Kier alpha value is -1.42. The summed E-state index contributed by atoms with van der Waals surface area (Å²) in [5, 5.41) is 8.84. The van der Waals surface area contributed by atoms with Gasteiger partial charge in [0.05, 0.1) is 12.0 Å². The Morgan fingerprint density at radius 1 is 1.12 bits per heavy atom. The summed E-state index contributed by atoms with van der Waals surface area (Å²) in [6.07, 6.45) is 18.1. The molecule has 4 heteroatoms. The van der Waals surface area contributed by atoms with Crippen LogP contribution in [0.4, 0.5) is 0 Å². The lowest BCUT2D eigenvalue weighted by Gasteiger charge is -2.02. The van der Waals surface area contributed by atoms with Gasteiger partial charge in [0.2, 0.25) is 0 Å². The van der Waals surface area contributed by atoms with E-state index in [2.05, 4.69) is 13.0 Å². The third kappa shape index (κ3) is 10.9. The molecule has 1 heterocycles. The molecule has 1 saturated heterocycles. The van der Waals surface area contributed by atoms with Crippen LogP contribution in [-0.4, -0.2) is 29.1 Å². The van der Waals surface area contributed by atoms with E-state index in [4.69, 9.17) is 9.84 Å². The highest BCUT2D eigenvalue weighted by atomic mass is 16.6. The number of carboxylic acid groups (broad SMARTS) is 1. The molecule has 1 N–H and O–H groups in total. The fraction of sp³-hybridized carbons (Fsp3) is 0.714. The Balaban J connectivity index is 2.02. The quantitative estimate of drug-likeness (QED) is 0.194. The number of carbonyl (C=O) groups is 2. The second kappa shape index (κ2) is 12.9. The van der Waals surface area contributed by atoms with E-state index in [0.29, 0.717) is 12.8 Å². The molecule has 3 atom stereocenters. The third-order valence-corrected chi connectivity index (χ3v) is 4.61. The summed E-state index contributed by atoms with van der Waals surface area (Å²) in [6.45, 7) is 3.93. The summed E-state index contributed by atoms with van der Waals surface area (Å²) in [5.41, 5.74) is 0. The minimum atomic E-state index is -0.768. The molecule has 0 amide bonds. The average molecular weight is 350 g/mol. The minimum Gasteiger partial charge on any atom is -0.481 e. The summed E-state index contributed by atoms with van der Waals surface area (Å²) >= 11 is 0. The molecule has 1 aliphatic rings. The van der Waals surface area contributed by atoms with Crippen LogP contribution >= 0.6 is 0 Å². The zero-order valence-corrected chi connectivity index (χ0v) is 15.8. The molecule has 0 aliphatic carbocycles.